The molecule has 0 aromatic rings. The molecule has 0 aromatic heterocycles. The minimum atomic E-state index is -0.720. The maximum Gasteiger partial charge on any atom is 0.222 e. The van der Waals surface area contributed by atoms with E-state index in [1.807, 2.05) is 13.8 Å². The van der Waals surface area contributed by atoms with Crippen LogP contribution in [0.2, 0.25) is 1.41 Å². The van der Waals surface area contributed by atoms with Gasteiger partial charge >= 0.3 is 0 Å². The number of rotatable bonds is 4. The van der Waals surface area contributed by atoms with Crippen LogP contribution in [-0.2, 0) is 9.59 Å². The molecular weight excluding hydrogens is 142 g/mol. The molecule has 0 saturated heterocycles. The first-order valence-corrected chi connectivity index (χ1v) is 3.65. The molecule has 0 spiro atoms. The van der Waals surface area contributed by atoms with Crippen molar-refractivity contribution in [2.75, 3.05) is 0 Å². The number of carbonyl (C=O) groups is 1. The molecule has 0 aromatic carbocycles. The van der Waals surface area contributed by atoms with Gasteiger partial charge in [0.1, 0.15) is 0 Å². The second kappa shape index (κ2) is 4.88. The normalized spacial score (nSPS) is 14.0. The van der Waals surface area contributed by atoms with Gasteiger partial charge in [-0.25, -0.2) is 0 Å². The summed E-state index contributed by atoms with van der Waals surface area (Å²) in [5, 5.41) is 0.674. The Morgan fingerprint density at radius 3 is 2.55 bits per heavy atom. The Balaban J connectivity index is 4.14. The van der Waals surface area contributed by atoms with Crippen LogP contribution in [0.3, 0.4) is 0 Å². The lowest BCUT2D eigenvalue weighted by molar-refractivity contribution is -0.119. The Labute approximate surface area is 68.6 Å². The van der Waals surface area contributed by atoms with Gasteiger partial charge in [0.25, 0.3) is 0 Å². The van der Waals surface area contributed by atoms with E-state index >= 15 is 0 Å². The van der Waals surface area contributed by atoms with Crippen molar-refractivity contribution in [3.05, 3.63) is 0 Å². The summed E-state index contributed by atoms with van der Waals surface area (Å²) in [6.45, 7) is 5.12. The second-order valence-electron chi connectivity index (χ2n) is 2.91. The molecule has 0 saturated carbocycles. The second-order valence-corrected chi connectivity index (χ2v) is 2.91. The van der Waals surface area contributed by atoms with E-state index in [4.69, 9.17) is 1.41 Å². The first kappa shape index (κ1) is 8.24. The summed E-state index contributed by atoms with van der Waals surface area (Å²) < 4.78 is 7.20. The molecule has 1 N–H and O–H groups in total. The molecule has 3 nitrogen and oxygen atoms in total. The standard InChI is InChI=1S/C8H14NO2/c1-6(2)4-8(5-10)9-7(3)11/h6,8H,4H2,1-3H3,(H,9,11)/t8-/m0/s1/i/hD. The van der Waals surface area contributed by atoms with Crippen molar-refractivity contribution in [3.63, 3.8) is 0 Å². The summed E-state index contributed by atoms with van der Waals surface area (Å²) in [5.41, 5.74) is 0. The van der Waals surface area contributed by atoms with Gasteiger partial charge in [0.15, 0.2) is 1.41 Å². The van der Waals surface area contributed by atoms with Crippen molar-refractivity contribution in [3.8, 4) is 0 Å². The fourth-order valence-electron chi connectivity index (χ4n) is 0.793. The average Bonchev–Trinajstić information content (AvgIpc) is 1.98. The van der Waals surface area contributed by atoms with Crippen molar-refractivity contribution >= 4 is 12.2 Å². The van der Waals surface area contributed by atoms with E-state index in [0.717, 1.165) is 0 Å². The van der Waals surface area contributed by atoms with Gasteiger partial charge in [0.05, 0.1) is 6.04 Å². The number of carbonyl (C=O) groups excluding carboxylic acids is 2. The molecule has 1 radical (unpaired) electrons. The molecule has 0 aliphatic heterocycles. The molecule has 3 heteroatoms. The van der Waals surface area contributed by atoms with Crippen molar-refractivity contribution in [2.45, 2.75) is 33.2 Å². The molecule has 0 aliphatic rings. The largest absolute Gasteiger partial charge is 0.346 e. The third kappa shape index (κ3) is 5.58. The highest BCUT2D eigenvalue weighted by molar-refractivity contribution is 5.77. The minimum Gasteiger partial charge on any atom is -0.346 e. The Bertz CT molecular complexity index is 170. The summed E-state index contributed by atoms with van der Waals surface area (Å²) in [5.74, 6) is -0.146. The van der Waals surface area contributed by atoms with Crippen LogP contribution >= 0.6 is 0 Å². The lowest BCUT2D eigenvalue weighted by Gasteiger charge is -2.11. The topological polar surface area (TPSA) is 46.2 Å². The summed E-state index contributed by atoms with van der Waals surface area (Å²) in [4.78, 5) is 21.0. The smallest absolute Gasteiger partial charge is 0.222 e. The Morgan fingerprint density at radius 1 is 1.73 bits per heavy atom. The zero-order chi connectivity index (χ0) is 9.72. The van der Waals surface area contributed by atoms with Gasteiger partial charge < -0.3 is 5.31 Å². The molecule has 63 valence electrons. The van der Waals surface area contributed by atoms with Crippen molar-refractivity contribution < 1.29 is 11.0 Å². The van der Waals surface area contributed by atoms with Crippen LogP contribution < -0.4 is 5.31 Å². The van der Waals surface area contributed by atoms with Crippen LogP contribution in [0, 0.1) is 5.92 Å². The quantitative estimate of drug-likeness (QED) is 0.651. The van der Waals surface area contributed by atoms with Crippen molar-refractivity contribution in [1.29, 1.82) is 0 Å². The number of amides is 1. The first-order chi connectivity index (χ1) is 5.49. The zero-order valence-corrected chi connectivity index (χ0v) is 7.13. The number of hydrogen-bond donors (Lipinski definition) is 1. The van der Waals surface area contributed by atoms with Gasteiger partial charge in [-0.2, -0.15) is 0 Å². The van der Waals surface area contributed by atoms with E-state index in [-0.39, 0.29) is 5.92 Å². The summed E-state index contributed by atoms with van der Waals surface area (Å²) in [7, 11) is 0. The maximum atomic E-state index is 10.7. The molecule has 0 rings (SSSR count). The Hall–Kier alpha value is -0.860. The van der Waals surface area contributed by atoms with Crippen LogP contribution in [0.4, 0.5) is 0 Å². The molecule has 1 amide bonds. The van der Waals surface area contributed by atoms with Gasteiger partial charge in [-0.1, -0.05) is 13.8 Å². The highest BCUT2D eigenvalue weighted by Gasteiger charge is 2.10. The van der Waals surface area contributed by atoms with Crippen LogP contribution in [0.5, 0.6) is 0 Å². The van der Waals surface area contributed by atoms with Gasteiger partial charge in [-0.3, -0.25) is 9.59 Å². The van der Waals surface area contributed by atoms with E-state index in [2.05, 4.69) is 0 Å². The van der Waals surface area contributed by atoms with E-state index in [1.54, 1.807) is 6.29 Å². The molecule has 11 heavy (non-hydrogen) atoms. The fourth-order valence-corrected chi connectivity index (χ4v) is 0.793. The highest BCUT2D eigenvalue weighted by atomic mass is 16.2. The minimum absolute atomic E-state index is 0.281. The van der Waals surface area contributed by atoms with E-state index in [9.17, 15) is 9.59 Å². The van der Waals surface area contributed by atoms with Gasteiger partial charge in [-0.05, 0) is 12.3 Å². The predicted octanol–water partition coefficient (Wildman–Crippen LogP) is 0.647. The Kier molecular flexibility index (Phi) is 3.65. The molecule has 0 unspecified atom stereocenters. The van der Waals surface area contributed by atoms with Crippen LogP contribution in [0.25, 0.3) is 0 Å². The molecule has 0 fully saturated rings. The number of nitrogens with one attached hydrogen (secondary N) is 1. The maximum absolute atomic E-state index is 10.7. The van der Waals surface area contributed by atoms with E-state index < -0.39 is 11.9 Å². The molecular formula is C8H14NO2. The Morgan fingerprint density at radius 2 is 2.27 bits per heavy atom. The molecule has 0 heterocycles. The molecule has 1 atom stereocenters. The first-order valence-electron chi connectivity index (χ1n) is 4.10. The zero-order valence-electron chi connectivity index (χ0n) is 8.13. The molecule has 0 aliphatic carbocycles. The lowest BCUT2D eigenvalue weighted by atomic mass is 10.1. The van der Waals surface area contributed by atoms with Crippen LogP contribution in [0.1, 0.15) is 27.2 Å². The predicted molar refractivity (Wildman–Crippen MR) is 42.8 cm³/mol. The van der Waals surface area contributed by atoms with Crippen molar-refractivity contribution in [1.82, 2.24) is 5.31 Å². The third-order valence-corrected chi connectivity index (χ3v) is 1.17. The number of hydrogen-bond acceptors (Lipinski definition) is 2. The third-order valence-electron chi connectivity index (χ3n) is 1.17. The van der Waals surface area contributed by atoms with E-state index in [1.165, 1.54) is 6.92 Å². The van der Waals surface area contributed by atoms with Crippen LogP contribution in [-0.4, -0.2) is 18.2 Å². The van der Waals surface area contributed by atoms with Crippen LogP contribution in [0.15, 0.2) is 0 Å². The van der Waals surface area contributed by atoms with Gasteiger partial charge in [-0.15, -0.1) is 0 Å². The highest BCUT2D eigenvalue weighted by Crippen LogP contribution is 2.02. The van der Waals surface area contributed by atoms with Crippen molar-refractivity contribution in [2.24, 2.45) is 5.92 Å². The van der Waals surface area contributed by atoms with Gasteiger partial charge in [0, 0.05) is 6.92 Å². The average molecular weight is 157 g/mol. The summed E-state index contributed by atoms with van der Waals surface area (Å²) in [6.07, 6.45) is 2.17. The summed E-state index contributed by atoms with van der Waals surface area (Å²) in [6, 6.07) is -0.720. The van der Waals surface area contributed by atoms with Gasteiger partial charge in [0.2, 0.25) is 12.2 Å². The monoisotopic (exact) mass is 157 g/mol. The summed E-state index contributed by atoms with van der Waals surface area (Å²) >= 11 is 0. The SMILES string of the molecule is [2H]N(C(C)=O)[C@H]([C]=O)CC(C)C. The fraction of sp³-hybridized carbons (Fsp3) is 0.750. The van der Waals surface area contributed by atoms with E-state index in [0.29, 0.717) is 11.7 Å². The molecule has 0 bridgehead atoms. The lowest BCUT2D eigenvalue weighted by Crippen LogP contribution is -2.35.